The van der Waals surface area contributed by atoms with E-state index in [1.54, 1.807) is 18.5 Å². The fraction of sp³-hybridized carbons (Fsp3) is 0.263. The molecule has 2 heterocycles. The molecule has 0 spiro atoms. The predicted octanol–water partition coefficient (Wildman–Crippen LogP) is 0.761. The molecule has 0 aliphatic heterocycles. The molecule has 1 aromatic carbocycles. The van der Waals surface area contributed by atoms with Gasteiger partial charge in [0.05, 0.1) is 30.2 Å². The van der Waals surface area contributed by atoms with Gasteiger partial charge in [-0.15, -0.1) is 0 Å². The summed E-state index contributed by atoms with van der Waals surface area (Å²) in [6, 6.07) is 6.38. The second-order valence-electron chi connectivity index (χ2n) is 6.95. The van der Waals surface area contributed by atoms with Crippen molar-refractivity contribution in [3.05, 3.63) is 48.4 Å². The van der Waals surface area contributed by atoms with E-state index in [9.17, 15) is 9.59 Å². The minimum Gasteiger partial charge on any atom is -0.365 e. The molecule has 1 aliphatic rings. The number of nitrogens with two attached hydrogens (primary N) is 2. The highest BCUT2D eigenvalue weighted by Crippen LogP contribution is 2.23. The first-order valence-electron chi connectivity index (χ1n) is 9.47. The molecule has 154 valence electrons. The summed E-state index contributed by atoms with van der Waals surface area (Å²) >= 11 is 0. The summed E-state index contributed by atoms with van der Waals surface area (Å²) in [7, 11) is 0. The number of carbonyl (C=O) groups is 2. The molecule has 1 saturated carbocycles. The summed E-state index contributed by atoms with van der Waals surface area (Å²) in [5.41, 5.74) is 13.0. The normalized spacial score (nSPS) is 18.8. The Morgan fingerprint density at radius 2 is 2.03 bits per heavy atom. The van der Waals surface area contributed by atoms with Crippen molar-refractivity contribution >= 4 is 29.1 Å². The topological polar surface area (TPSA) is 167 Å². The van der Waals surface area contributed by atoms with Crippen molar-refractivity contribution < 1.29 is 9.59 Å². The lowest BCUT2D eigenvalue weighted by molar-refractivity contribution is -0.121. The Morgan fingerprint density at radius 3 is 2.80 bits per heavy atom. The monoisotopic (exact) mass is 407 g/mol. The van der Waals surface area contributed by atoms with Gasteiger partial charge in [-0.05, 0) is 31.0 Å². The highest BCUT2D eigenvalue weighted by molar-refractivity contribution is 5.98. The van der Waals surface area contributed by atoms with Crippen molar-refractivity contribution in [1.29, 1.82) is 0 Å². The molecule has 3 aromatic rings. The summed E-state index contributed by atoms with van der Waals surface area (Å²) in [5, 5.41) is 14.4. The van der Waals surface area contributed by atoms with Gasteiger partial charge in [-0.1, -0.05) is 6.07 Å². The average molecular weight is 407 g/mol. The number of nitrogens with zero attached hydrogens (tertiary/aromatic N) is 5. The van der Waals surface area contributed by atoms with Crippen LogP contribution in [-0.2, 0) is 4.79 Å². The lowest BCUT2D eigenvalue weighted by atomic mass is 9.90. The second-order valence-corrected chi connectivity index (χ2v) is 6.95. The Morgan fingerprint density at radius 1 is 1.23 bits per heavy atom. The molecule has 0 radical (unpaired) electrons. The van der Waals surface area contributed by atoms with Crippen LogP contribution in [0.25, 0.3) is 5.69 Å². The zero-order valence-corrected chi connectivity index (χ0v) is 16.0. The molecular formula is C19H21N9O2. The number of amides is 1. The molecular weight excluding hydrogens is 386 g/mol. The van der Waals surface area contributed by atoms with E-state index in [-0.39, 0.29) is 29.2 Å². The number of primary amides is 1. The number of hydrogen-bond donors (Lipinski definition) is 4. The zero-order chi connectivity index (χ0) is 21.1. The molecule has 6 N–H and O–H groups in total. The van der Waals surface area contributed by atoms with Crippen LogP contribution in [0.15, 0.2) is 42.9 Å². The minimum absolute atomic E-state index is 0.00917. The maximum Gasteiger partial charge on any atom is 0.254 e. The number of carbonyl (C=O) groups excluding carboxylic acids is 2. The fourth-order valence-corrected chi connectivity index (χ4v) is 3.32. The standard InChI is InChI=1S/C19H21N9O2/c20-16-14(5-2-6-15(16)29)26-19-22-10-13(17(21)30)18(27-19)25-11-3-1-4-12(9-11)28-23-7-8-24-28/h1,3-4,7-10,14,16H,2,5-6,20H2,(H2,21,30)(H2,22,25,26,27)/t14-,16-/m1/s1. The highest BCUT2D eigenvalue weighted by Gasteiger charge is 2.29. The van der Waals surface area contributed by atoms with E-state index < -0.39 is 11.9 Å². The van der Waals surface area contributed by atoms with Crippen molar-refractivity contribution in [2.75, 3.05) is 10.6 Å². The van der Waals surface area contributed by atoms with Crippen LogP contribution >= 0.6 is 0 Å². The largest absolute Gasteiger partial charge is 0.365 e. The Bertz CT molecular complexity index is 1070. The van der Waals surface area contributed by atoms with E-state index in [4.69, 9.17) is 11.5 Å². The lowest BCUT2D eigenvalue weighted by Crippen LogP contribution is -2.49. The second kappa shape index (κ2) is 8.25. The molecule has 30 heavy (non-hydrogen) atoms. The third kappa shape index (κ3) is 4.10. The van der Waals surface area contributed by atoms with Crippen LogP contribution in [0.5, 0.6) is 0 Å². The highest BCUT2D eigenvalue weighted by atomic mass is 16.1. The molecule has 11 heteroatoms. The van der Waals surface area contributed by atoms with E-state index in [0.29, 0.717) is 12.1 Å². The van der Waals surface area contributed by atoms with Crippen LogP contribution in [0.2, 0.25) is 0 Å². The van der Waals surface area contributed by atoms with Gasteiger partial charge in [-0.3, -0.25) is 9.59 Å². The molecule has 0 bridgehead atoms. The van der Waals surface area contributed by atoms with Gasteiger partial charge in [0.25, 0.3) is 5.91 Å². The van der Waals surface area contributed by atoms with Crippen LogP contribution in [0, 0.1) is 0 Å². The predicted molar refractivity (Wildman–Crippen MR) is 109 cm³/mol. The van der Waals surface area contributed by atoms with Gasteiger partial charge >= 0.3 is 0 Å². The fourth-order valence-electron chi connectivity index (χ4n) is 3.32. The molecule has 11 nitrogen and oxygen atoms in total. The van der Waals surface area contributed by atoms with E-state index >= 15 is 0 Å². The van der Waals surface area contributed by atoms with E-state index in [1.165, 1.54) is 11.0 Å². The van der Waals surface area contributed by atoms with Crippen molar-refractivity contribution in [2.24, 2.45) is 11.5 Å². The van der Waals surface area contributed by atoms with E-state index in [2.05, 4.69) is 30.8 Å². The third-order valence-electron chi connectivity index (χ3n) is 4.87. The third-order valence-corrected chi connectivity index (χ3v) is 4.87. The zero-order valence-electron chi connectivity index (χ0n) is 16.0. The molecule has 2 aromatic heterocycles. The summed E-state index contributed by atoms with van der Waals surface area (Å²) < 4.78 is 0. The first-order chi connectivity index (χ1) is 14.5. The number of ketones is 1. The Hall–Kier alpha value is -3.86. The number of aromatic nitrogens is 5. The van der Waals surface area contributed by atoms with Gasteiger partial charge in [-0.2, -0.15) is 20.0 Å². The molecule has 1 aliphatic carbocycles. The molecule has 1 amide bonds. The van der Waals surface area contributed by atoms with Crippen molar-refractivity contribution in [1.82, 2.24) is 25.0 Å². The van der Waals surface area contributed by atoms with Gasteiger partial charge in [0.1, 0.15) is 11.4 Å². The molecule has 1 fully saturated rings. The molecule has 2 atom stereocenters. The Labute approximate surface area is 171 Å². The lowest BCUT2D eigenvalue weighted by Gasteiger charge is -2.28. The van der Waals surface area contributed by atoms with Crippen molar-refractivity contribution in [2.45, 2.75) is 31.3 Å². The quantitative estimate of drug-likeness (QED) is 0.461. The maximum atomic E-state index is 11.9. The van der Waals surface area contributed by atoms with Crippen LogP contribution in [0.3, 0.4) is 0 Å². The number of Topliss-reactive ketones (excluding diaryl/α,β-unsaturated/α-hetero) is 1. The summed E-state index contributed by atoms with van der Waals surface area (Å²) in [6.07, 6.45) is 6.46. The summed E-state index contributed by atoms with van der Waals surface area (Å²) in [6.45, 7) is 0. The van der Waals surface area contributed by atoms with Gasteiger partial charge < -0.3 is 22.1 Å². The Balaban J connectivity index is 1.60. The molecule has 4 rings (SSSR count). The number of benzene rings is 1. The van der Waals surface area contributed by atoms with E-state index in [1.807, 2.05) is 18.2 Å². The van der Waals surface area contributed by atoms with Crippen LogP contribution in [0.4, 0.5) is 17.5 Å². The first-order valence-corrected chi connectivity index (χ1v) is 9.47. The van der Waals surface area contributed by atoms with Gasteiger partial charge in [0.15, 0.2) is 5.78 Å². The van der Waals surface area contributed by atoms with Crippen molar-refractivity contribution in [3.8, 4) is 5.69 Å². The minimum atomic E-state index is -0.668. The number of nitrogens with one attached hydrogen (secondary N) is 2. The number of anilines is 3. The summed E-state index contributed by atoms with van der Waals surface area (Å²) in [5.74, 6) is -0.169. The smallest absolute Gasteiger partial charge is 0.254 e. The van der Waals surface area contributed by atoms with Gasteiger partial charge in [0, 0.05) is 18.3 Å². The summed E-state index contributed by atoms with van der Waals surface area (Å²) in [4.78, 5) is 33.8. The Kier molecular flexibility index (Phi) is 5.35. The van der Waals surface area contributed by atoms with Crippen molar-refractivity contribution in [3.63, 3.8) is 0 Å². The van der Waals surface area contributed by atoms with Gasteiger partial charge in [-0.25, -0.2) is 4.98 Å². The molecule has 0 saturated heterocycles. The van der Waals surface area contributed by atoms with Gasteiger partial charge in [0.2, 0.25) is 5.95 Å². The van der Waals surface area contributed by atoms with Crippen LogP contribution < -0.4 is 22.1 Å². The first kappa shape index (κ1) is 19.5. The number of rotatable bonds is 6. The number of hydrogen-bond acceptors (Lipinski definition) is 9. The SMILES string of the molecule is NC(=O)c1cnc(N[C@@H]2CCCC(=O)[C@@H]2N)nc1Nc1cccc(-n2nccn2)c1. The van der Waals surface area contributed by atoms with Crippen LogP contribution in [-0.4, -0.2) is 48.7 Å². The average Bonchev–Trinajstić information content (AvgIpc) is 3.27. The van der Waals surface area contributed by atoms with Crippen LogP contribution in [0.1, 0.15) is 29.6 Å². The van der Waals surface area contributed by atoms with E-state index in [0.717, 1.165) is 18.5 Å². The maximum absolute atomic E-state index is 11.9. The molecule has 0 unspecified atom stereocenters.